The van der Waals surface area contributed by atoms with Gasteiger partial charge in [0, 0.05) is 49.5 Å². The van der Waals surface area contributed by atoms with Gasteiger partial charge in [0.05, 0.1) is 10.2 Å². The Labute approximate surface area is 178 Å². The van der Waals surface area contributed by atoms with Crippen LogP contribution >= 0.6 is 11.3 Å². The molecular formula is C23H33N5S. The van der Waals surface area contributed by atoms with E-state index in [9.17, 15) is 0 Å². The van der Waals surface area contributed by atoms with Crippen LogP contribution in [0, 0.1) is 0 Å². The highest BCUT2D eigenvalue weighted by Gasteiger charge is 2.21. The van der Waals surface area contributed by atoms with E-state index in [1.165, 1.54) is 28.8 Å². The molecule has 0 aliphatic carbocycles. The molecule has 0 saturated carbocycles. The first kappa shape index (κ1) is 21.4. The number of hydrogen-bond donors (Lipinski definition) is 1. The minimum absolute atomic E-state index is 0.488. The molecule has 2 aromatic heterocycles. The van der Waals surface area contributed by atoms with Gasteiger partial charge in [-0.15, -0.1) is 11.3 Å². The minimum Gasteiger partial charge on any atom is -0.383 e. The summed E-state index contributed by atoms with van der Waals surface area (Å²) in [5.74, 6) is 2.35. The van der Waals surface area contributed by atoms with Crippen LogP contribution in [0.2, 0.25) is 0 Å². The van der Waals surface area contributed by atoms with Gasteiger partial charge in [0.15, 0.2) is 11.6 Å². The fraction of sp³-hybridized carbons (Fsp3) is 0.478. The summed E-state index contributed by atoms with van der Waals surface area (Å²) in [4.78, 5) is 15.9. The maximum Gasteiger partial charge on any atom is 0.163 e. The zero-order valence-electron chi connectivity index (χ0n) is 18.3. The maximum atomic E-state index is 5.10. The van der Waals surface area contributed by atoms with Crippen LogP contribution in [0.4, 0.5) is 5.82 Å². The molecule has 0 amide bonds. The first-order valence-corrected chi connectivity index (χ1v) is 11.2. The van der Waals surface area contributed by atoms with Crippen LogP contribution in [0.15, 0.2) is 36.8 Å². The number of allylic oxidation sites excluding steroid dienone is 3. The second-order valence-electron chi connectivity index (χ2n) is 8.16. The quantitative estimate of drug-likeness (QED) is 0.623. The van der Waals surface area contributed by atoms with E-state index in [0.717, 1.165) is 41.5 Å². The summed E-state index contributed by atoms with van der Waals surface area (Å²) in [6, 6.07) is 2.25. The van der Waals surface area contributed by atoms with Gasteiger partial charge in [0.25, 0.3) is 0 Å². The Kier molecular flexibility index (Phi) is 6.96. The molecule has 5 nitrogen and oxygen atoms in total. The molecule has 0 atom stereocenters. The summed E-state index contributed by atoms with van der Waals surface area (Å²) in [6.45, 7) is 12.4. The lowest BCUT2D eigenvalue weighted by molar-refractivity contribution is 0.565. The average molecular weight is 412 g/mol. The molecule has 1 fully saturated rings. The van der Waals surface area contributed by atoms with Crippen molar-refractivity contribution >= 4 is 32.9 Å². The van der Waals surface area contributed by atoms with Gasteiger partial charge >= 0.3 is 0 Å². The Balaban J connectivity index is 2.17. The molecule has 3 heterocycles. The standard InChI is InChI=1S/C23H33N5S/c1-7-24-17(4)13-18(15-27(5)6)22-25-19-14-20(16(2)3)29-21(19)23(26-22)28-11-9-8-10-12-28/h7,13-16,24H,1,8-12H2,2-6H3/b17-13+,18-15+. The second kappa shape index (κ2) is 9.44. The van der Waals surface area contributed by atoms with Gasteiger partial charge in [-0.3, -0.25) is 0 Å². The maximum absolute atomic E-state index is 5.10. The Hall–Kier alpha value is -2.34. The predicted molar refractivity (Wildman–Crippen MR) is 126 cm³/mol. The summed E-state index contributed by atoms with van der Waals surface area (Å²) in [5, 5.41) is 3.15. The molecule has 0 bridgehead atoms. The van der Waals surface area contributed by atoms with Crippen molar-refractivity contribution in [3.63, 3.8) is 0 Å². The summed E-state index contributed by atoms with van der Waals surface area (Å²) in [6.07, 6.45) is 9.61. The van der Waals surface area contributed by atoms with Crippen molar-refractivity contribution in [1.82, 2.24) is 20.2 Å². The monoisotopic (exact) mass is 411 g/mol. The third-order valence-electron chi connectivity index (χ3n) is 4.95. The lowest BCUT2D eigenvalue weighted by Gasteiger charge is -2.28. The molecule has 0 aromatic carbocycles. The van der Waals surface area contributed by atoms with Crippen molar-refractivity contribution in [2.75, 3.05) is 32.1 Å². The first-order chi connectivity index (χ1) is 13.9. The zero-order chi connectivity index (χ0) is 21.0. The van der Waals surface area contributed by atoms with E-state index in [0.29, 0.717) is 5.92 Å². The van der Waals surface area contributed by atoms with Gasteiger partial charge in [-0.1, -0.05) is 20.4 Å². The summed E-state index contributed by atoms with van der Waals surface area (Å²) in [5.41, 5.74) is 3.04. The van der Waals surface area contributed by atoms with E-state index in [2.05, 4.69) is 49.0 Å². The summed E-state index contributed by atoms with van der Waals surface area (Å²) >= 11 is 1.84. The zero-order valence-corrected chi connectivity index (χ0v) is 19.1. The van der Waals surface area contributed by atoms with Gasteiger partial charge in [-0.05, 0) is 50.4 Å². The topological polar surface area (TPSA) is 44.3 Å². The van der Waals surface area contributed by atoms with E-state index in [4.69, 9.17) is 9.97 Å². The van der Waals surface area contributed by atoms with Gasteiger partial charge in [0.2, 0.25) is 0 Å². The van der Waals surface area contributed by atoms with Crippen molar-refractivity contribution < 1.29 is 0 Å². The summed E-state index contributed by atoms with van der Waals surface area (Å²) < 4.78 is 1.22. The molecule has 2 aromatic rings. The van der Waals surface area contributed by atoms with Crippen LogP contribution in [-0.2, 0) is 0 Å². The van der Waals surface area contributed by atoms with Crippen molar-refractivity contribution in [2.45, 2.75) is 46.0 Å². The van der Waals surface area contributed by atoms with Crippen LogP contribution in [0.3, 0.4) is 0 Å². The van der Waals surface area contributed by atoms with Crippen LogP contribution in [-0.4, -0.2) is 42.1 Å². The molecule has 3 rings (SSSR count). The SMILES string of the molecule is C=CN/C(C)=C/C(=C\N(C)C)c1nc(N2CCCCC2)c2sc(C(C)C)cc2n1. The number of piperidine rings is 1. The number of nitrogens with zero attached hydrogens (tertiary/aromatic N) is 4. The Morgan fingerprint density at radius 1 is 1.24 bits per heavy atom. The number of rotatable bonds is 7. The third kappa shape index (κ3) is 5.18. The molecule has 6 heteroatoms. The smallest absolute Gasteiger partial charge is 0.163 e. The number of aromatic nitrogens is 2. The molecular weight excluding hydrogens is 378 g/mol. The molecule has 1 aliphatic rings. The van der Waals surface area contributed by atoms with Crippen molar-refractivity contribution in [3.05, 3.63) is 47.5 Å². The molecule has 0 unspecified atom stereocenters. The van der Waals surface area contributed by atoms with Crippen LogP contribution in [0.25, 0.3) is 15.8 Å². The van der Waals surface area contributed by atoms with Crippen molar-refractivity contribution in [3.8, 4) is 0 Å². The lowest BCUT2D eigenvalue weighted by atomic mass is 10.1. The lowest BCUT2D eigenvalue weighted by Crippen LogP contribution is -2.30. The fourth-order valence-electron chi connectivity index (χ4n) is 3.54. The molecule has 1 aliphatic heterocycles. The number of nitrogens with one attached hydrogen (secondary N) is 1. The van der Waals surface area contributed by atoms with Gasteiger partial charge < -0.3 is 15.1 Å². The molecule has 1 N–H and O–H groups in total. The van der Waals surface area contributed by atoms with Crippen LogP contribution in [0.1, 0.15) is 56.7 Å². The van der Waals surface area contributed by atoms with Crippen molar-refractivity contribution in [1.29, 1.82) is 0 Å². The highest BCUT2D eigenvalue weighted by Crippen LogP contribution is 2.37. The number of anilines is 1. The van der Waals surface area contributed by atoms with Gasteiger partial charge in [-0.25, -0.2) is 9.97 Å². The van der Waals surface area contributed by atoms with Crippen molar-refractivity contribution in [2.24, 2.45) is 0 Å². The highest BCUT2D eigenvalue weighted by molar-refractivity contribution is 7.19. The molecule has 0 radical (unpaired) electrons. The first-order valence-electron chi connectivity index (χ1n) is 10.4. The Morgan fingerprint density at radius 2 is 1.97 bits per heavy atom. The number of fused-ring (bicyclic) bond motifs is 1. The Morgan fingerprint density at radius 3 is 2.59 bits per heavy atom. The molecule has 156 valence electrons. The predicted octanol–water partition coefficient (Wildman–Crippen LogP) is 5.34. The van der Waals surface area contributed by atoms with Gasteiger partial charge in [-0.2, -0.15) is 0 Å². The van der Waals surface area contributed by atoms with E-state index in [1.54, 1.807) is 6.20 Å². The number of hydrogen-bond acceptors (Lipinski definition) is 6. The molecule has 29 heavy (non-hydrogen) atoms. The highest BCUT2D eigenvalue weighted by atomic mass is 32.1. The fourth-order valence-corrected chi connectivity index (χ4v) is 4.66. The Bertz CT molecular complexity index is 917. The van der Waals surface area contributed by atoms with E-state index < -0.39 is 0 Å². The summed E-state index contributed by atoms with van der Waals surface area (Å²) in [7, 11) is 4.05. The number of thiophene rings is 1. The van der Waals surface area contributed by atoms with Gasteiger partial charge in [0.1, 0.15) is 0 Å². The molecule has 1 saturated heterocycles. The largest absolute Gasteiger partial charge is 0.383 e. The second-order valence-corrected chi connectivity index (χ2v) is 9.24. The third-order valence-corrected chi connectivity index (χ3v) is 6.38. The normalized spacial score (nSPS) is 15.9. The van der Waals surface area contributed by atoms with E-state index in [1.807, 2.05) is 37.3 Å². The van der Waals surface area contributed by atoms with E-state index in [-0.39, 0.29) is 0 Å². The average Bonchev–Trinajstić information content (AvgIpc) is 3.12. The molecule has 0 spiro atoms. The van der Waals surface area contributed by atoms with Crippen LogP contribution < -0.4 is 10.2 Å². The van der Waals surface area contributed by atoms with Crippen LogP contribution in [0.5, 0.6) is 0 Å². The van der Waals surface area contributed by atoms with E-state index >= 15 is 0 Å². The minimum atomic E-state index is 0.488.